The van der Waals surface area contributed by atoms with Gasteiger partial charge in [0, 0.05) is 13.1 Å². The predicted octanol–water partition coefficient (Wildman–Crippen LogP) is 2.72. The minimum absolute atomic E-state index is 0.0149. The van der Waals surface area contributed by atoms with Crippen molar-refractivity contribution in [3.05, 3.63) is 30.3 Å². The molecule has 6 nitrogen and oxygen atoms in total. The maximum Gasteiger partial charge on any atom is 0.307 e. The molecule has 2 rings (SSSR count). The van der Waals surface area contributed by atoms with Crippen LogP contribution in [0.1, 0.15) is 39.0 Å². The summed E-state index contributed by atoms with van der Waals surface area (Å²) >= 11 is 0. The van der Waals surface area contributed by atoms with Crippen molar-refractivity contribution in [1.29, 1.82) is 0 Å². The first-order valence-electron chi connectivity index (χ1n) is 10.0. The van der Waals surface area contributed by atoms with Crippen LogP contribution in [-0.2, 0) is 14.3 Å². The van der Waals surface area contributed by atoms with Gasteiger partial charge in [0.25, 0.3) is 5.91 Å². The molecule has 0 radical (unpaired) electrons. The number of para-hydroxylation sites is 1. The summed E-state index contributed by atoms with van der Waals surface area (Å²) in [4.78, 5) is 28.4. The highest BCUT2D eigenvalue weighted by Crippen LogP contribution is 2.10. The normalized spacial score (nSPS) is 14.1. The van der Waals surface area contributed by atoms with Crippen molar-refractivity contribution in [2.24, 2.45) is 0 Å². The van der Waals surface area contributed by atoms with E-state index in [-0.39, 0.29) is 24.9 Å². The fraction of sp³-hybridized carbons (Fsp3) is 0.619. The summed E-state index contributed by atoms with van der Waals surface area (Å²) < 4.78 is 10.6. The van der Waals surface area contributed by atoms with E-state index in [1.54, 1.807) is 11.8 Å². The molecule has 0 bridgehead atoms. The van der Waals surface area contributed by atoms with Gasteiger partial charge in [-0.1, -0.05) is 18.2 Å². The highest BCUT2D eigenvalue weighted by molar-refractivity contribution is 5.78. The first kappa shape index (κ1) is 21.2. The smallest absolute Gasteiger partial charge is 0.307 e. The maximum absolute atomic E-state index is 12.6. The van der Waals surface area contributed by atoms with Gasteiger partial charge in [-0.25, -0.2) is 0 Å². The fourth-order valence-corrected chi connectivity index (χ4v) is 3.22. The molecule has 1 heterocycles. The Labute approximate surface area is 162 Å². The van der Waals surface area contributed by atoms with E-state index in [1.807, 2.05) is 30.3 Å². The second-order valence-electron chi connectivity index (χ2n) is 6.79. The molecule has 27 heavy (non-hydrogen) atoms. The Hall–Kier alpha value is -2.08. The first-order chi connectivity index (χ1) is 13.2. The van der Waals surface area contributed by atoms with Crippen LogP contribution in [0.15, 0.2) is 30.3 Å². The molecule has 1 fully saturated rings. The number of carbonyl (C=O) groups excluding carboxylic acids is 2. The van der Waals surface area contributed by atoms with Crippen LogP contribution >= 0.6 is 0 Å². The summed E-state index contributed by atoms with van der Waals surface area (Å²) in [7, 11) is 0. The molecule has 0 spiro atoms. The number of ether oxygens (including phenoxy) is 2. The Kier molecular flexibility index (Phi) is 9.69. The maximum atomic E-state index is 12.6. The zero-order chi connectivity index (χ0) is 19.3. The van der Waals surface area contributed by atoms with Gasteiger partial charge in [-0.3, -0.25) is 9.59 Å². The van der Waals surface area contributed by atoms with E-state index in [2.05, 4.69) is 4.90 Å². The Morgan fingerprint density at radius 1 is 1.07 bits per heavy atom. The van der Waals surface area contributed by atoms with Crippen molar-refractivity contribution in [3.63, 3.8) is 0 Å². The minimum Gasteiger partial charge on any atom is -0.484 e. The van der Waals surface area contributed by atoms with Gasteiger partial charge in [0.1, 0.15) is 5.75 Å². The standard InChI is InChI=1S/C21H32N2O4/c1-2-26-21(25)12-17-23(16-9-8-15-22-13-6-7-14-22)20(24)18-27-19-10-4-3-5-11-19/h3-5,10-11H,2,6-9,12-18H2,1H3. The molecule has 0 aliphatic carbocycles. The topological polar surface area (TPSA) is 59.1 Å². The van der Waals surface area contributed by atoms with Gasteiger partial charge in [0.2, 0.25) is 0 Å². The molecule has 0 saturated carbocycles. The van der Waals surface area contributed by atoms with Crippen LogP contribution in [0.5, 0.6) is 5.75 Å². The Balaban J connectivity index is 1.77. The number of nitrogens with zero attached hydrogens (tertiary/aromatic N) is 2. The zero-order valence-electron chi connectivity index (χ0n) is 16.4. The Morgan fingerprint density at radius 3 is 2.52 bits per heavy atom. The molecule has 150 valence electrons. The van der Waals surface area contributed by atoms with E-state index in [0.29, 0.717) is 25.4 Å². The molecular weight excluding hydrogens is 344 g/mol. The van der Waals surface area contributed by atoms with Crippen molar-refractivity contribution >= 4 is 11.9 Å². The van der Waals surface area contributed by atoms with Crippen molar-refractivity contribution in [1.82, 2.24) is 9.80 Å². The zero-order valence-corrected chi connectivity index (χ0v) is 16.4. The fourth-order valence-electron chi connectivity index (χ4n) is 3.22. The molecule has 1 saturated heterocycles. The molecule has 1 aliphatic heterocycles. The second kappa shape index (κ2) is 12.3. The molecular formula is C21H32N2O4. The lowest BCUT2D eigenvalue weighted by Crippen LogP contribution is -2.37. The molecule has 1 amide bonds. The van der Waals surface area contributed by atoms with Crippen LogP contribution in [0, 0.1) is 0 Å². The van der Waals surface area contributed by atoms with E-state index in [9.17, 15) is 9.59 Å². The Morgan fingerprint density at radius 2 is 1.81 bits per heavy atom. The third-order valence-electron chi connectivity index (χ3n) is 4.70. The summed E-state index contributed by atoms with van der Waals surface area (Å²) in [6.45, 7) is 6.61. The summed E-state index contributed by atoms with van der Waals surface area (Å²) in [5.41, 5.74) is 0. The molecule has 0 unspecified atom stereocenters. The summed E-state index contributed by atoms with van der Waals surface area (Å²) in [6, 6.07) is 9.30. The van der Waals surface area contributed by atoms with Gasteiger partial charge < -0.3 is 19.3 Å². The molecule has 1 aromatic carbocycles. The van der Waals surface area contributed by atoms with Crippen LogP contribution in [-0.4, -0.2) is 67.6 Å². The monoisotopic (exact) mass is 376 g/mol. The summed E-state index contributed by atoms with van der Waals surface area (Å²) in [6.07, 6.45) is 4.79. The van der Waals surface area contributed by atoms with Crippen LogP contribution in [0.2, 0.25) is 0 Å². The van der Waals surface area contributed by atoms with Crippen molar-refractivity contribution in [2.45, 2.75) is 39.0 Å². The number of unbranched alkanes of at least 4 members (excludes halogenated alkanes) is 1. The lowest BCUT2D eigenvalue weighted by Gasteiger charge is -2.23. The molecule has 0 N–H and O–H groups in total. The SMILES string of the molecule is CCOC(=O)CCN(CCCCN1CCCC1)C(=O)COc1ccccc1. The Bertz CT molecular complexity index is 559. The van der Waals surface area contributed by atoms with Gasteiger partial charge in [0.05, 0.1) is 13.0 Å². The third-order valence-corrected chi connectivity index (χ3v) is 4.70. The van der Waals surface area contributed by atoms with Crippen LogP contribution in [0.3, 0.4) is 0 Å². The summed E-state index contributed by atoms with van der Waals surface area (Å²) in [5.74, 6) is 0.311. The van der Waals surface area contributed by atoms with E-state index < -0.39 is 0 Å². The molecule has 6 heteroatoms. The minimum atomic E-state index is -0.267. The molecule has 1 aliphatic rings. The van der Waals surface area contributed by atoms with E-state index >= 15 is 0 Å². The highest BCUT2D eigenvalue weighted by Gasteiger charge is 2.17. The van der Waals surface area contributed by atoms with Crippen LogP contribution in [0.25, 0.3) is 0 Å². The first-order valence-corrected chi connectivity index (χ1v) is 10.0. The van der Waals surface area contributed by atoms with E-state index in [4.69, 9.17) is 9.47 Å². The third kappa shape index (κ3) is 8.43. The number of likely N-dealkylation sites (tertiary alicyclic amines) is 1. The second-order valence-corrected chi connectivity index (χ2v) is 6.79. The lowest BCUT2D eigenvalue weighted by atomic mass is 10.2. The van der Waals surface area contributed by atoms with Crippen LogP contribution in [0.4, 0.5) is 0 Å². The van der Waals surface area contributed by atoms with Crippen molar-refractivity contribution in [2.75, 3.05) is 45.9 Å². The number of hydrogen-bond donors (Lipinski definition) is 0. The van der Waals surface area contributed by atoms with E-state index in [1.165, 1.54) is 25.9 Å². The quantitative estimate of drug-likeness (QED) is 0.415. The van der Waals surface area contributed by atoms with Crippen molar-refractivity contribution in [3.8, 4) is 5.75 Å². The largest absolute Gasteiger partial charge is 0.484 e. The molecule has 0 atom stereocenters. The van der Waals surface area contributed by atoms with Crippen LogP contribution < -0.4 is 4.74 Å². The number of amides is 1. The summed E-state index contributed by atoms with van der Waals surface area (Å²) in [5, 5.41) is 0. The average Bonchev–Trinajstić information content (AvgIpc) is 3.20. The molecule has 1 aromatic rings. The van der Waals surface area contributed by atoms with E-state index in [0.717, 1.165) is 19.4 Å². The number of carbonyl (C=O) groups is 2. The average molecular weight is 376 g/mol. The van der Waals surface area contributed by atoms with Gasteiger partial charge in [0.15, 0.2) is 6.61 Å². The number of rotatable bonds is 12. The van der Waals surface area contributed by atoms with Gasteiger partial charge in [-0.05, 0) is 64.4 Å². The number of hydrogen-bond acceptors (Lipinski definition) is 5. The van der Waals surface area contributed by atoms with Gasteiger partial charge >= 0.3 is 5.97 Å². The van der Waals surface area contributed by atoms with Crippen molar-refractivity contribution < 1.29 is 19.1 Å². The highest BCUT2D eigenvalue weighted by atomic mass is 16.5. The predicted molar refractivity (Wildman–Crippen MR) is 105 cm³/mol. The van der Waals surface area contributed by atoms with Gasteiger partial charge in [-0.2, -0.15) is 0 Å². The number of esters is 1. The number of benzene rings is 1. The van der Waals surface area contributed by atoms with Gasteiger partial charge in [-0.15, -0.1) is 0 Å². The lowest BCUT2D eigenvalue weighted by molar-refractivity contribution is -0.144. The molecule has 0 aromatic heterocycles.